The van der Waals surface area contributed by atoms with Crippen molar-refractivity contribution in [1.82, 2.24) is 9.55 Å². The van der Waals surface area contributed by atoms with Crippen molar-refractivity contribution in [1.29, 1.82) is 0 Å². The Hall–Kier alpha value is -1.66. The first-order valence-corrected chi connectivity index (χ1v) is 7.49. The molecule has 0 saturated carbocycles. The highest BCUT2D eigenvalue weighted by Crippen LogP contribution is 2.21. The highest BCUT2D eigenvalue weighted by Gasteiger charge is 2.11. The maximum absolute atomic E-state index is 12.1. The van der Waals surface area contributed by atoms with E-state index in [1.165, 1.54) is 10.6 Å². The minimum atomic E-state index is -0.339. The molecule has 1 aromatic heterocycles. The van der Waals surface area contributed by atoms with Crippen LogP contribution in [0.15, 0.2) is 39.6 Å². The van der Waals surface area contributed by atoms with Crippen molar-refractivity contribution in [2.24, 2.45) is 0 Å². The smallest absolute Gasteiger partial charge is 0.255 e. The second kappa shape index (κ2) is 6.87. The zero-order valence-electron chi connectivity index (χ0n) is 11.3. The SMILES string of the molecule is CCc1nc(Cl)cc(=O)n1CC(=O)Nc1ccccc1Br. The van der Waals surface area contributed by atoms with Gasteiger partial charge >= 0.3 is 0 Å². The fourth-order valence-corrected chi connectivity index (χ4v) is 2.43. The number of nitrogens with one attached hydrogen (secondary N) is 1. The van der Waals surface area contributed by atoms with Crippen LogP contribution in [-0.4, -0.2) is 15.5 Å². The maximum atomic E-state index is 12.1. The second-order valence-electron chi connectivity index (χ2n) is 4.30. The van der Waals surface area contributed by atoms with Crippen LogP contribution < -0.4 is 10.9 Å². The summed E-state index contributed by atoms with van der Waals surface area (Å²) in [6.07, 6.45) is 0.512. The van der Waals surface area contributed by atoms with Crippen molar-refractivity contribution in [3.8, 4) is 0 Å². The molecule has 110 valence electrons. The van der Waals surface area contributed by atoms with Gasteiger partial charge in [0.1, 0.15) is 17.5 Å². The van der Waals surface area contributed by atoms with Crippen LogP contribution in [0.5, 0.6) is 0 Å². The fourth-order valence-electron chi connectivity index (χ4n) is 1.86. The summed E-state index contributed by atoms with van der Waals surface area (Å²) in [4.78, 5) is 28.1. The zero-order chi connectivity index (χ0) is 15.4. The van der Waals surface area contributed by atoms with Gasteiger partial charge in [-0.25, -0.2) is 4.98 Å². The number of amides is 1. The van der Waals surface area contributed by atoms with Crippen molar-refractivity contribution >= 4 is 39.1 Å². The van der Waals surface area contributed by atoms with E-state index in [1.807, 2.05) is 25.1 Å². The van der Waals surface area contributed by atoms with Crippen LogP contribution in [0.4, 0.5) is 5.69 Å². The van der Waals surface area contributed by atoms with Gasteiger partial charge < -0.3 is 5.32 Å². The summed E-state index contributed by atoms with van der Waals surface area (Å²) in [5.41, 5.74) is 0.310. The Balaban J connectivity index is 2.21. The van der Waals surface area contributed by atoms with Gasteiger partial charge in [-0.1, -0.05) is 30.7 Å². The van der Waals surface area contributed by atoms with E-state index in [1.54, 1.807) is 6.07 Å². The number of hydrogen-bond acceptors (Lipinski definition) is 3. The first-order chi connectivity index (χ1) is 10.0. The lowest BCUT2D eigenvalue weighted by Gasteiger charge is -2.11. The monoisotopic (exact) mass is 369 g/mol. The fraction of sp³-hybridized carbons (Fsp3) is 0.214. The molecular formula is C14H13BrClN3O2. The van der Waals surface area contributed by atoms with Crippen LogP contribution in [0.2, 0.25) is 5.15 Å². The summed E-state index contributed by atoms with van der Waals surface area (Å²) >= 11 is 9.11. The molecule has 0 bridgehead atoms. The third-order valence-electron chi connectivity index (χ3n) is 2.82. The van der Waals surface area contributed by atoms with Crippen LogP contribution in [0.1, 0.15) is 12.7 Å². The average Bonchev–Trinajstić information content (AvgIpc) is 2.44. The lowest BCUT2D eigenvalue weighted by atomic mass is 10.3. The van der Waals surface area contributed by atoms with Crippen molar-refractivity contribution in [3.05, 3.63) is 56.1 Å². The Bertz CT molecular complexity index is 730. The van der Waals surface area contributed by atoms with Gasteiger partial charge in [-0.3, -0.25) is 14.2 Å². The Labute approximate surface area is 135 Å². The van der Waals surface area contributed by atoms with Crippen LogP contribution >= 0.6 is 27.5 Å². The van der Waals surface area contributed by atoms with Crippen molar-refractivity contribution in [2.45, 2.75) is 19.9 Å². The predicted molar refractivity (Wildman–Crippen MR) is 85.7 cm³/mol. The van der Waals surface area contributed by atoms with Crippen molar-refractivity contribution in [2.75, 3.05) is 5.32 Å². The quantitative estimate of drug-likeness (QED) is 0.842. The number of para-hydroxylation sites is 1. The molecule has 0 aliphatic carbocycles. The predicted octanol–water partition coefficient (Wildman–Crippen LogP) is 2.86. The highest BCUT2D eigenvalue weighted by molar-refractivity contribution is 9.10. The third-order valence-corrected chi connectivity index (χ3v) is 3.71. The van der Waals surface area contributed by atoms with E-state index in [-0.39, 0.29) is 23.2 Å². The number of nitrogens with zero attached hydrogens (tertiary/aromatic N) is 2. The first kappa shape index (κ1) is 15.7. The summed E-state index contributed by atoms with van der Waals surface area (Å²) in [6, 6.07) is 8.46. The summed E-state index contributed by atoms with van der Waals surface area (Å²) in [5.74, 6) is 0.178. The number of benzene rings is 1. The Kier molecular flexibility index (Phi) is 5.14. The van der Waals surface area contributed by atoms with Gasteiger partial charge in [0, 0.05) is 17.0 Å². The summed E-state index contributed by atoms with van der Waals surface area (Å²) in [7, 11) is 0. The van der Waals surface area contributed by atoms with Gasteiger partial charge in [-0.05, 0) is 28.1 Å². The van der Waals surface area contributed by atoms with Crippen LogP contribution in [0.25, 0.3) is 0 Å². The molecule has 0 radical (unpaired) electrons. The molecule has 1 aromatic carbocycles. The summed E-state index contributed by atoms with van der Waals surface area (Å²) < 4.78 is 2.09. The topological polar surface area (TPSA) is 64.0 Å². The maximum Gasteiger partial charge on any atom is 0.255 e. The van der Waals surface area contributed by atoms with Gasteiger partial charge in [0.2, 0.25) is 5.91 Å². The molecule has 7 heteroatoms. The minimum Gasteiger partial charge on any atom is -0.324 e. The van der Waals surface area contributed by atoms with E-state index in [0.29, 0.717) is 17.9 Å². The van der Waals surface area contributed by atoms with E-state index in [2.05, 4.69) is 26.2 Å². The molecule has 0 saturated heterocycles. The van der Waals surface area contributed by atoms with Gasteiger partial charge in [-0.15, -0.1) is 0 Å². The molecule has 0 aliphatic rings. The number of rotatable bonds is 4. The molecule has 0 spiro atoms. The summed E-state index contributed by atoms with van der Waals surface area (Å²) in [6.45, 7) is 1.74. The first-order valence-electron chi connectivity index (χ1n) is 6.32. The molecule has 0 aliphatic heterocycles. The van der Waals surface area contributed by atoms with E-state index < -0.39 is 0 Å². The van der Waals surface area contributed by atoms with Crippen LogP contribution in [-0.2, 0) is 17.8 Å². The second-order valence-corrected chi connectivity index (χ2v) is 5.54. The largest absolute Gasteiger partial charge is 0.324 e. The van der Waals surface area contributed by atoms with E-state index in [4.69, 9.17) is 11.6 Å². The molecule has 2 rings (SSSR count). The van der Waals surface area contributed by atoms with Gasteiger partial charge in [0.15, 0.2) is 0 Å². The molecule has 1 amide bonds. The van der Waals surface area contributed by atoms with Crippen LogP contribution in [0.3, 0.4) is 0 Å². The molecule has 2 aromatic rings. The molecule has 0 atom stereocenters. The molecule has 0 unspecified atom stereocenters. The Morgan fingerprint density at radius 1 is 1.43 bits per heavy atom. The zero-order valence-corrected chi connectivity index (χ0v) is 13.6. The Morgan fingerprint density at radius 3 is 2.81 bits per heavy atom. The number of hydrogen-bond donors (Lipinski definition) is 1. The Morgan fingerprint density at radius 2 is 2.14 bits per heavy atom. The number of aromatic nitrogens is 2. The normalized spacial score (nSPS) is 10.4. The van der Waals surface area contributed by atoms with Gasteiger partial charge in [0.05, 0.1) is 5.69 Å². The van der Waals surface area contributed by atoms with Crippen LogP contribution in [0, 0.1) is 0 Å². The summed E-state index contributed by atoms with van der Waals surface area (Å²) in [5, 5.41) is 2.88. The van der Waals surface area contributed by atoms with Gasteiger partial charge in [0.25, 0.3) is 5.56 Å². The standard InChI is InChI=1S/C14H13BrClN3O2/c1-2-12-18-11(16)7-14(21)19(12)8-13(20)17-10-6-4-3-5-9(10)15/h3-7H,2,8H2,1H3,(H,17,20). The number of halogens is 2. The number of aryl methyl sites for hydroxylation is 1. The molecule has 1 heterocycles. The number of carbonyl (C=O) groups is 1. The molecule has 5 nitrogen and oxygen atoms in total. The molecular weight excluding hydrogens is 358 g/mol. The van der Waals surface area contributed by atoms with E-state index in [0.717, 1.165) is 4.47 Å². The highest BCUT2D eigenvalue weighted by atomic mass is 79.9. The third kappa shape index (κ3) is 3.92. The number of anilines is 1. The minimum absolute atomic E-state index is 0.104. The number of carbonyl (C=O) groups excluding carboxylic acids is 1. The van der Waals surface area contributed by atoms with Crippen molar-refractivity contribution < 1.29 is 4.79 Å². The molecule has 0 fully saturated rings. The average molecular weight is 371 g/mol. The van der Waals surface area contributed by atoms with Gasteiger partial charge in [-0.2, -0.15) is 0 Å². The molecule has 1 N–H and O–H groups in total. The lowest BCUT2D eigenvalue weighted by molar-refractivity contribution is -0.116. The molecule has 21 heavy (non-hydrogen) atoms. The lowest BCUT2D eigenvalue weighted by Crippen LogP contribution is -2.30. The van der Waals surface area contributed by atoms with Crippen molar-refractivity contribution in [3.63, 3.8) is 0 Å². The van der Waals surface area contributed by atoms with E-state index >= 15 is 0 Å². The van der Waals surface area contributed by atoms with E-state index in [9.17, 15) is 9.59 Å².